The van der Waals surface area contributed by atoms with Gasteiger partial charge in [-0.05, 0) is 52.7 Å². The largest absolute Gasteiger partial charge is 0.496 e. The van der Waals surface area contributed by atoms with Crippen molar-refractivity contribution in [1.82, 2.24) is 15.4 Å². The first kappa shape index (κ1) is 15.9. The maximum Gasteiger partial charge on any atom is 0.345 e. The van der Waals surface area contributed by atoms with Crippen LogP contribution in [0.2, 0.25) is 0 Å². The van der Waals surface area contributed by atoms with Crippen LogP contribution in [0.15, 0.2) is 38.6 Å². The zero-order valence-corrected chi connectivity index (χ0v) is 13.5. The lowest BCUT2D eigenvalue weighted by atomic mass is 10.2. The number of benzene rings is 1. The molecule has 0 spiro atoms. The van der Waals surface area contributed by atoms with Crippen LogP contribution in [0.1, 0.15) is 21.7 Å². The third-order valence-electron chi connectivity index (χ3n) is 2.67. The molecule has 0 atom stereocenters. The Kier molecular flexibility index (Phi) is 5.05. The van der Waals surface area contributed by atoms with Crippen LogP contribution in [-0.4, -0.2) is 29.2 Å². The fourth-order valence-corrected chi connectivity index (χ4v) is 2.24. The van der Waals surface area contributed by atoms with E-state index >= 15 is 0 Å². The van der Waals surface area contributed by atoms with Crippen LogP contribution in [-0.2, 0) is 0 Å². The molecule has 0 bridgehead atoms. The van der Waals surface area contributed by atoms with Crippen LogP contribution < -0.4 is 15.9 Å². The van der Waals surface area contributed by atoms with Crippen molar-refractivity contribution in [1.29, 1.82) is 0 Å². The summed E-state index contributed by atoms with van der Waals surface area (Å²) in [5.74, 6) is 0.141. The Bertz CT molecular complexity index is 786. The topological polar surface area (TPSA) is 96.4 Å². The number of rotatable bonds is 4. The Morgan fingerprint density at radius 2 is 2.23 bits per heavy atom. The molecule has 0 radical (unpaired) electrons. The summed E-state index contributed by atoms with van der Waals surface area (Å²) in [6.45, 7) is 1.66. The van der Waals surface area contributed by atoms with Crippen molar-refractivity contribution in [3.63, 3.8) is 0 Å². The van der Waals surface area contributed by atoms with Crippen molar-refractivity contribution < 1.29 is 9.53 Å². The van der Waals surface area contributed by atoms with Crippen molar-refractivity contribution in [3.05, 3.63) is 56.2 Å². The number of hydrogen-bond acceptors (Lipinski definition) is 5. The highest BCUT2D eigenvalue weighted by Gasteiger charge is 2.07. The summed E-state index contributed by atoms with van der Waals surface area (Å²) in [6, 6.07) is 6.82. The van der Waals surface area contributed by atoms with E-state index in [2.05, 4.69) is 36.4 Å². The van der Waals surface area contributed by atoms with Gasteiger partial charge < -0.3 is 9.72 Å². The summed E-state index contributed by atoms with van der Waals surface area (Å²) < 4.78 is 5.90. The summed E-state index contributed by atoms with van der Waals surface area (Å²) >= 11 is 3.36. The zero-order valence-electron chi connectivity index (χ0n) is 11.9. The Morgan fingerprint density at radius 3 is 2.86 bits per heavy atom. The van der Waals surface area contributed by atoms with Crippen LogP contribution in [0.25, 0.3) is 0 Å². The predicted octanol–water partition coefficient (Wildman–Crippen LogP) is 1.61. The van der Waals surface area contributed by atoms with Gasteiger partial charge in [-0.15, -0.1) is 0 Å². The molecule has 1 amide bonds. The van der Waals surface area contributed by atoms with Crippen LogP contribution >= 0.6 is 15.9 Å². The molecular weight excluding hydrogens is 352 g/mol. The summed E-state index contributed by atoms with van der Waals surface area (Å²) in [5, 5.41) is 3.84. The number of aromatic nitrogens is 2. The molecule has 1 aromatic carbocycles. The van der Waals surface area contributed by atoms with Gasteiger partial charge in [0, 0.05) is 5.69 Å². The van der Waals surface area contributed by atoms with E-state index in [4.69, 9.17) is 4.74 Å². The number of hydrazone groups is 1. The number of methoxy groups -OCH3 is 1. The molecule has 22 heavy (non-hydrogen) atoms. The van der Waals surface area contributed by atoms with Gasteiger partial charge in [0.15, 0.2) is 0 Å². The van der Waals surface area contributed by atoms with Crippen molar-refractivity contribution in [2.75, 3.05) is 7.11 Å². The van der Waals surface area contributed by atoms with E-state index < -0.39 is 11.6 Å². The molecular formula is C14H13BrN4O3. The summed E-state index contributed by atoms with van der Waals surface area (Å²) in [7, 11) is 1.57. The lowest BCUT2D eigenvalue weighted by Gasteiger charge is -2.03. The standard InChI is InChI=1S/C14H13BrN4O3/c1-8-5-11(18-14(21)17-8)13(20)19-16-7-9-3-4-12(22-2)10(15)6-9/h3-7H,1-2H3,(H,19,20)(H,17,18,21)/b16-7+. The molecule has 114 valence electrons. The highest BCUT2D eigenvalue weighted by atomic mass is 79.9. The highest BCUT2D eigenvalue weighted by molar-refractivity contribution is 9.10. The SMILES string of the molecule is COc1ccc(/C=N/NC(=O)c2cc(C)[nH]c(=O)n2)cc1Br. The summed E-state index contributed by atoms with van der Waals surface area (Å²) in [6.07, 6.45) is 1.47. The number of H-pyrrole nitrogens is 1. The molecule has 0 saturated heterocycles. The number of aryl methyl sites for hydroxylation is 1. The molecule has 0 unspecified atom stereocenters. The quantitative estimate of drug-likeness (QED) is 0.636. The monoisotopic (exact) mass is 364 g/mol. The van der Waals surface area contributed by atoms with E-state index in [1.54, 1.807) is 32.2 Å². The average molecular weight is 365 g/mol. The van der Waals surface area contributed by atoms with Gasteiger partial charge in [-0.25, -0.2) is 10.2 Å². The Labute approximate surface area is 134 Å². The minimum Gasteiger partial charge on any atom is -0.496 e. The Morgan fingerprint density at radius 1 is 1.45 bits per heavy atom. The summed E-state index contributed by atoms with van der Waals surface area (Å²) in [5.41, 5.74) is 3.07. The van der Waals surface area contributed by atoms with Gasteiger partial charge in [-0.3, -0.25) is 4.79 Å². The van der Waals surface area contributed by atoms with Crippen LogP contribution in [0.5, 0.6) is 5.75 Å². The minimum absolute atomic E-state index is 0.00862. The van der Waals surface area contributed by atoms with E-state index in [0.717, 1.165) is 10.0 Å². The first-order valence-electron chi connectivity index (χ1n) is 6.24. The summed E-state index contributed by atoms with van der Waals surface area (Å²) in [4.78, 5) is 29.1. The maximum atomic E-state index is 11.8. The van der Waals surface area contributed by atoms with Crippen LogP contribution in [0, 0.1) is 6.92 Å². The number of carbonyl (C=O) groups excluding carboxylic acids is 1. The number of ether oxygens (including phenoxy) is 1. The normalized spacial score (nSPS) is 10.7. The number of nitrogens with one attached hydrogen (secondary N) is 2. The lowest BCUT2D eigenvalue weighted by molar-refractivity contribution is 0.0949. The molecule has 8 heteroatoms. The highest BCUT2D eigenvalue weighted by Crippen LogP contribution is 2.24. The Balaban J connectivity index is 2.07. The fourth-order valence-electron chi connectivity index (χ4n) is 1.68. The first-order chi connectivity index (χ1) is 10.5. The molecule has 2 rings (SSSR count). The fraction of sp³-hybridized carbons (Fsp3) is 0.143. The molecule has 0 aliphatic rings. The number of amides is 1. The number of halogens is 1. The van der Waals surface area contributed by atoms with Crippen LogP contribution in [0.4, 0.5) is 0 Å². The molecule has 0 aliphatic heterocycles. The number of hydrogen-bond donors (Lipinski definition) is 2. The second kappa shape index (κ2) is 6.99. The van der Waals surface area contributed by atoms with Gasteiger partial charge >= 0.3 is 5.69 Å². The van der Waals surface area contributed by atoms with E-state index in [1.165, 1.54) is 12.3 Å². The van der Waals surface area contributed by atoms with Gasteiger partial charge in [-0.1, -0.05) is 0 Å². The predicted molar refractivity (Wildman–Crippen MR) is 85.3 cm³/mol. The van der Waals surface area contributed by atoms with Crippen molar-refractivity contribution in [2.24, 2.45) is 5.10 Å². The van der Waals surface area contributed by atoms with Crippen LogP contribution in [0.3, 0.4) is 0 Å². The van der Waals surface area contributed by atoms with E-state index in [0.29, 0.717) is 11.4 Å². The zero-order chi connectivity index (χ0) is 16.1. The lowest BCUT2D eigenvalue weighted by Crippen LogP contribution is -2.24. The van der Waals surface area contributed by atoms with Gasteiger partial charge in [0.1, 0.15) is 11.4 Å². The second-order valence-corrected chi connectivity index (χ2v) is 5.20. The molecule has 7 nitrogen and oxygen atoms in total. The maximum absolute atomic E-state index is 11.8. The van der Waals surface area contributed by atoms with Gasteiger partial charge in [0.25, 0.3) is 5.91 Å². The molecule has 0 saturated carbocycles. The second-order valence-electron chi connectivity index (χ2n) is 4.35. The Hall–Kier alpha value is -2.48. The van der Waals surface area contributed by atoms with Crippen molar-refractivity contribution in [3.8, 4) is 5.75 Å². The van der Waals surface area contributed by atoms with Gasteiger partial charge in [-0.2, -0.15) is 10.1 Å². The van der Waals surface area contributed by atoms with Crippen molar-refractivity contribution in [2.45, 2.75) is 6.92 Å². The molecule has 1 aromatic heterocycles. The van der Waals surface area contributed by atoms with E-state index in [9.17, 15) is 9.59 Å². The first-order valence-corrected chi connectivity index (χ1v) is 7.04. The van der Waals surface area contributed by atoms with E-state index in [1.807, 2.05) is 0 Å². The number of aromatic amines is 1. The third kappa shape index (κ3) is 4.01. The van der Waals surface area contributed by atoms with E-state index in [-0.39, 0.29) is 5.69 Å². The average Bonchev–Trinajstić information content (AvgIpc) is 2.46. The van der Waals surface area contributed by atoms with Gasteiger partial charge in [0.05, 0.1) is 17.8 Å². The molecule has 2 N–H and O–H groups in total. The van der Waals surface area contributed by atoms with Crippen molar-refractivity contribution >= 4 is 28.1 Å². The molecule has 2 aromatic rings. The molecule has 0 aliphatic carbocycles. The number of nitrogens with zero attached hydrogens (tertiary/aromatic N) is 2. The minimum atomic E-state index is -0.576. The third-order valence-corrected chi connectivity index (χ3v) is 3.29. The molecule has 0 fully saturated rings. The smallest absolute Gasteiger partial charge is 0.345 e. The van der Waals surface area contributed by atoms with Gasteiger partial charge in [0.2, 0.25) is 0 Å². The number of carbonyl (C=O) groups is 1. The molecule has 1 heterocycles.